The quantitative estimate of drug-likeness (QED) is 0.814. The molecule has 2 aromatic rings. The Balaban J connectivity index is 2.56. The van der Waals surface area contributed by atoms with Gasteiger partial charge in [0.05, 0.1) is 0 Å². The van der Waals surface area contributed by atoms with Gasteiger partial charge in [-0.2, -0.15) is 0 Å². The number of hydrogen-bond acceptors (Lipinski definition) is 3. The van der Waals surface area contributed by atoms with Gasteiger partial charge < -0.3 is 4.42 Å². The number of nitrogens with zero attached hydrogens (tertiary/aromatic N) is 2. The molecule has 4 nitrogen and oxygen atoms in total. The summed E-state index contributed by atoms with van der Waals surface area (Å²) in [6.45, 7) is 6.19. The van der Waals surface area contributed by atoms with Gasteiger partial charge in [0.15, 0.2) is 11.2 Å². The van der Waals surface area contributed by atoms with Crippen LogP contribution in [0.25, 0.3) is 11.2 Å². The Morgan fingerprint density at radius 3 is 2.56 bits per heavy atom. The number of rotatable bonds is 5. The van der Waals surface area contributed by atoms with Crippen molar-refractivity contribution in [2.45, 2.75) is 52.5 Å². The molecule has 98 valence electrons. The highest BCUT2D eigenvalue weighted by Gasteiger charge is 2.18. The van der Waals surface area contributed by atoms with E-state index in [1.54, 1.807) is 4.57 Å². The Labute approximate surface area is 107 Å². The van der Waals surface area contributed by atoms with Crippen molar-refractivity contribution in [3.8, 4) is 0 Å². The lowest BCUT2D eigenvalue weighted by atomic mass is 10.1. The first-order chi connectivity index (χ1) is 8.67. The topological polar surface area (TPSA) is 48.0 Å². The average Bonchev–Trinajstić information content (AvgIpc) is 2.64. The molecule has 0 radical (unpaired) electrons. The van der Waals surface area contributed by atoms with E-state index in [-0.39, 0.29) is 11.8 Å². The largest absolute Gasteiger partial charge is 0.421 e. The Kier molecular flexibility index (Phi) is 3.84. The number of pyridine rings is 1. The lowest BCUT2D eigenvalue weighted by Gasteiger charge is -2.15. The second-order valence-electron chi connectivity index (χ2n) is 4.74. The summed E-state index contributed by atoms with van der Waals surface area (Å²) in [6.07, 6.45) is 4.07. The standard InChI is InChI=1S/C14H20N2O2/c1-4-6-11(7-5-2)16-13-12(18-14(16)17)9-8-10(3)15-13/h8-9,11H,4-7H2,1-3H3. The smallest absolute Gasteiger partial charge is 0.406 e. The van der Waals surface area contributed by atoms with Gasteiger partial charge in [0.2, 0.25) is 0 Å². The molecule has 4 heteroatoms. The molecule has 0 amide bonds. The van der Waals surface area contributed by atoms with E-state index in [1.807, 2.05) is 19.1 Å². The molecule has 0 atom stereocenters. The maximum atomic E-state index is 12.0. The van der Waals surface area contributed by atoms with Gasteiger partial charge >= 0.3 is 5.76 Å². The fourth-order valence-corrected chi connectivity index (χ4v) is 2.40. The van der Waals surface area contributed by atoms with Gasteiger partial charge in [-0.15, -0.1) is 0 Å². The molecular weight excluding hydrogens is 228 g/mol. The van der Waals surface area contributed by atoms with Crippen molar-refractivity contribution in [1.29, 1.82) is 0 Å². The number of fused-ring (bicyclic) bond motifs is 1. The first-order valence-electron chi connectivity index (χ1n) is 6.66. The van der Waals surface area contributed by atoms with Crippen molar-refractivity contribution >= 4 is 11.2 Å². The van der Waals surface area contributed by atoms with Gasteiger partial charge in [-0.05, 0) is 31.9 Å². The number of aromatic nitrogens is 2. The summed E-state index contributed by atoms with van der Waals surface area (Å²) in [5, 5.41) is 0. The van der Waals surface area contributed by atoms with Crippen molar-refractivity contribution in [3.63, 3.8) is 0 Å². The van der Waals surface area contributed by atoms with Crippen LogP contribution in [0.15, 0.2) is 21.3 Å². The van der Waals surface area contributed by atoms with Crippen LogP contribution >= 0.6 is 0 Å². The Morgan fingerprint density at radius 2 is 1.94 bits per heavy atom. The second kappa shape index (κ2) is 5.38. The van der Waals surface area contributed by atoms with Crippen molar-refractivity contribution in [1.82, 2.24) is 9.55 Å². The van der Waals surface area contributed by atoms with E-state index in [2.05, 4.69) is 18.8 Å². The first kappa shape index (κ1) is 12.9. The number of oxazole rings is 1. The van der Waals surface area contributed by atoms with Crippen LogP contribution in [0.4, 0.5) is 0 Å². The lowest BCUT2D eigenvalue weighted by Crippen LogP contribution is -2.21. The summed E-state index contributed by atoms with van der Waals surface area (Å²) in [6, 6.07) is 3.89. The van der Waals surface area contributed by atoms with Crippen LogP contribution in [0.1, 0.15) is 51.3 Å². The fraction of sp³-hybridized carbons (Fsp3) is 0.571. The molecule has 0 spiro atoms. The van der Waals surface area contributed by atoms with Gasteiger partial charge in [0.25, 0.3) is 0 Å². The molecular formula is C14H20N2O2. The molecule has 18 heavy (non-hydrogen) atoms. The van der Waals surface area contributed by atoms with Gasteiger partial charge in [-0.3, -0.25) is 4.57 Å². The third-order valence-electron chi connectivity index (χ3n) is 3.21. The molecule has 2 heterocycles. The molecule has 2 aromatic heterocycles. The molecule has 0 aromatic carbocycles. The average molecular weight is 248 g/mol. The summed E-state index contributed by atoms with van der Waals surface area (Å²) < 4.78 is 7.00. The van der Waals surface area contributed by atoms with Crippen molar-refractivity contribution in [3.05, 3.63) is 28.4 Å². The molecule has 2 rings (SSSR count). The van der Waals surface area contributed by atoms with Crippen molar-refractivity contribution < 1.29 is 4.42 Å². The van der Waals surface area contributed by atoms with Gasteiger partial charge in [0.1, 0.15) is 0 Å². The SMILES string of the molecule is CCCC(CCC)n1c(=O)oc2ccc(C)nc21. The van der Waals surface area contributed by atoms with Crippen LogP contribution in [0.5, 0.6) is 0 Å². The molecule has 0 unspecified atom stereocenters. The lowest BCUT2D eigenvalue weighted by molar-refractivity contribution is 0.391. The summed E-state index contributed by atoms with van der Waals surface area (Å²) in [7, 11) is 0. The molecule has 0 saturated heterocycles. The zero-order chi connectivity index (χ0) is 13.1. The van der Waals surface area contributed by atoms with E-state index in [9.17, 15) is 4.79 Å². The van der Waals surface area contributed by atoms with Crippen LogP contribution in [0, 0.1) is 6.92 Å². The zero-order valence-electron chi connectivity index (χ0n) is 11.3. The normalized spacial score (nSPS) is 11.6. The van der Waals surface area contributed by atoms with Crippen molar-refractivity contribution in [2.24, 2.45) is 0 Å². The molecule has 0 bridgehead atoms. The highest BCUT2D eigenvalue weighted by molar-refractivity contribution is 5.68. The van der Waals surface area contributed by atoms with Gasteiger partial charge in [-0.1, -0.05) is 26.7 Å². The molecule has 0 aliphatic carbocycles. The maximum Gasteiger partial charge on any atom is 0.421 e. The summed E-state index contributed by atoms with van der Waals surface area (Å²) in [4.78, 5) is 16.4. The predicted octanol–water partition coefficient (Wildman–Crippen LogP) is 3.44. The highest BCUT2D eigenvalue weighted by atomic mass is 16.4. The Morgan fingerprint density at radius 1 is 1.28 bits per heavy atom. The molecule has 0 aliphatic heterocycles. The van der Waals surface area contributed by atoms with E-state index >= 15 is 0 Å². The number of aryl methyl sites for hydroxylation is 1. The molecule has 0 saturated carbocycles. The van der Waals surface area contributed by atoms with Crippen LogP contribution < -0.4 is 5.76 Å². The minimum Gasteiger partial charge on any atom is -0.406 e. The van der Waals surface area contributed by atoms with Crippen LogP contribution in [-0.2, 0) is 0 Å². The zero-order valence-corrected chi connectivity index (χ0v) is 11.3. The minimum absolute atomic E-state index is 0.197. The summed E-state index contributed by atoms with van der Waals surface area (Å²) >= 11 is 0. The second-order valence-corrected chi connectivity index (χ2v) is 4.74. The van der Waals surface area contributed by atoms with Gasteiger partial charge in [0, 0.05) is 11.7 Å². The predicted molar refractivity (Wildman–Crippen MR) is 71.9 cm³/mol. The third-order valence-corrected chi connectivity index (χ3v) is 3.21. The minimum atomic E-state index is -0.282. The Hall–Kier alpha value is -1.58. The van der Waals surface area contributed by atoms with E-state index in [0.29, 0.717) is 11.2 Å². The highest BCUT2D eigenvalue weighted by Crippen LogP contribution is 2.23. The van der Waals surface area contributed by atoms with E-state index in [4.69, 9.17) is 4.42 Å². The van der Waals surface area contributed by atoms with Crippen LogP contribution in [0.3, 0.4) is 0 Å². The summed E-state index contributed by atoms with van der Waals surface area (Å²) in [5.74, 6) is -0.282. The monoisotopic (exact) mass is 248 g/mol. The molecule has 0 N–H and O–H groups in total. The number of hydrogen-bond donors (Lipinski definition) is 0. The molecule has 0 aliphatic rings. The fourth-order valence-electron chi connectivity index (χ4n) is 2.40. The van der Waals surface area contributed by atoms with Crippen LogP contribution in [-0.4, -0.2) is 9.55 Å². The van der Waals surface area contributed by atoms with E-state index < -0.39 is 0 Å². The maximum absolute atomic E-state index is 12.0. The van der Waals surface area contributed by atoms with E-state index in [1.165, 1.54) is 0 Å². The first-order valence-corrected chi connectivity index (χ1v) is 6.66. The molecule has 0 fully saturated rings. The van der Waals surface area contributed by atoms with Crippen LogP contribution in [0.2, 0.25) is 0 Å². The third kappa shape index (κ3) is 2.33. The Bertz CT molecular complexity index is 577. The summed E-state index contributed by atoms with van der Waals surface area (Å²) in [5.41, 5.74) is 2.18. The van der Waals surface area contributed by atoms with Gasteiger partial charge in [-0.25, -0.2) is 9.78 Å². The van der Waals surface area contributed by atoms with Crippen molar-refractivity contribution in [2.75, 3.05) is 0 Å². The van der Waals surface area contributed by atoms with E-state index in [0.717, 1.165) is 31.4 Å².